The molecule has 0 unspecified atom stereocenters. The minimum absolute atomic E-state index is 0.791. The maximum atomic E-state index is 5.87. The second-order valence-corrected chi connectivity index (χ2v) is 7.28. The fraction of sp³-hybridized carbons (Fsp3) is 0.0769. The lowest BCUT2D eigenvalue weighted by atomic mass is 10.0. The van der Waals surface area contributed by atoms with E-state index in [1.165, 1.54) is 16.7 Å². The number of nitrogen functional groups attached to an aromatic ring is 4. The van der Waals surface area contributed by atoms with Crippen LogP contribution in [0.4, 0.5) is 22.7 Å². The van der Waals surface area contributed by atoms with Gasteiger partial charge in [0.15, 0.2) is 0 Å². The number of hydrogen-bond acceptors (Lipinski definition) is 4. The van der Waals surface area contributed by atoms with Gasteiger partial charge in [-0.1, -0.05) is 54.6 Å². The molecule has 4 nitrogen and oxygen atoms in total. The molecule has 152 valence electrons. The highest BCUT2D eigenvalue weighted by molar-refractivity contribution is 5.49. The van der Waals surface area contributed by atoms with Gasteiger partial charge in [0.1, 0.15) is 0 Å². The summed E-state index contributed by atoms with van der Waals surface area (Å²) < 4.78 is 0. The number of anilines is 4. The van der Waals surface area contributed by atoms with E-state index in [2.05, 4.69) is 0 Å². The molecule has 0 amide bonds. The summed E-state index contributed by atoms with van der Waals surface area (Å²) in [5.41, 5.74) is 30.9. The van der Waals surface area contributed by atoms with E-state index >= 15 is 0 Å². The maximum Gasteiger partial charge on any atom is 0.0349 e. The van der Waals surface area contributed by atoms with Gasteiger partial charge in [-0.2, -0.15) is 0 Å². The summed E-state index contributed by atoms with van der Waals surface area (Å²) in [7, 11) is 0. The van der Waals surface area contributed by atoms with Gasteiger partial charge in [0.05, 0.1) is 0 Å². The number of nitrogens with two attached hydrogens (primary N) is 4. The third-order valence-electron chi connectivity index (χ3n) is 4.80. The summed E-state index contributed by atoms with van der Waals surface area (Å²) in [6.07, 6.45) is 1.77. The van der Waals surface area contributed by atoms with Crippen molar-refractivity contribution < 1.29 is 0 Å². The first-order valence-corrected chi connectivity index (χ1v) is 9.86. The molecule has 4 aromatic carbocycles. The van der Waals surface area contributed by atoms with Gasteiger partial charge >= 0.3 is 0 Å². The van der Waals surface area contributed by atoms with Crippen LogP contribution in [0.25, 0.3) is 0 Å². The molecule has 0 saturated heterocycles. The van der Waals surface area contributed by atoms with Gasteiger partial charge in [0.2, 0.25) is 0 Å². The van der Waals surface area contributed by atoms with Crippen molar-refractivity contribution in [2.24, 2.45) is 0 Å². The highest BCUT2D eigenvalue weighted by atomic mass is 14.6. The lowest BCUT2D eigenvalue weighted by Crippen LogP contribution is -1.95. The number of para-hydroxylation sites is 1. The summed E-state index contributed by atoms with van der Waals surface area (Å²) >= 11 is 0. The fourth-order valence-corrected chi connectivity index (χ4v) is 3.06. The van der Waals surface area contributed by atoms with E-state index in [-0.39, 0.29) is 0 Å². The van der Waals surface area contributed by atoms with Crippen LogP contribution in [-0.4, -0.2) is 0 Å². The van der Waals surface area contributed by atoms with Crippen molar-refractivity contribution in [1.29, 1.82) is 0 Å². The first kappa shape index (κ1) is 20.8. The van der Waals surface area contributed by atoms with Crippen molar-refractivity contribution in [2.75, 3.05) is 22.9 Å². The third kappa shape index (κ3) is 6.31. The smallest absolute Gasteiger partial charge is 0.0349 e. The van der Waals surface area contributed by atoms with Crippen molar-refractivity contribution in [3.05, 3.63) is 119 Å². The zero-order chi connectivity index (χ0) is 21.3. The van der Waals surface area contributed by atoms with E-state index in [9.17, 15) is 0 Å². The summed E-state index contributed by atoms with van der Waals surface area (Å²) in [6, 6.07) is 31.7. The Morgan fingerprint density at radius 2 is 0.767 bits per heavy atom. The Bertz CT molecular complexity index is 1010. The van der Waals surface area contributed by atoms with Crippen LogP contribution in [-0.2, 0) is 12.8 Å². The Hall–Kier alpha value is -3.92. The van der Waals surface area contributed by atoms with E-state index in [0.29, 0.717) is 0 Å². The molecule has 0 saturated carbocycles. The molecule has 8 N–H and O–H groups in total. The van der Waals surface area contributed by atoms with Gasteiger partial charge in [-0.05, 0) is 77.6 Å². The predicted octanol–water partition coefficient (Wildman–Crippen LogP) is 4.88. The Morgan fingerprint density at radius 1 is 0.400 bits per heavy atom. The van der Waals surface area contributed by atoms with Crippen molar-refractivity contribution >= 4 is 22.7 Å². The molecule has 0 aliphatic heterocycles. The third-order valence-corrected chi connectivity index (χ3v) is 4.80. The van der Waals surface area contributed by atoms with Crippen LogP contribution in [0.5, 0.6) is 0 Å². The molecule has 0 fully saturated rings. The van der Waals surface area contributed by atoms with Crippen LogP contribution in [0, 0.1) is 0 Å². The van der Waals surface area contributed by atoms with Gasteiger partial charge < -0.3 is 22.9 Å². The quantitative estimate of drug-likeness (QED) is 0.369. The lowest BCUT2D eigenvalue weighted by Gasteiger charge is -2.05. The zero-order valence-corrected chi connectivity index (χ0v) is 17.0. The fourth-order valence-electron chi connectivity index (χ4n) is 3.06. The zero-order valence-electron chi connectivity index (χ0n) is 17.0. The molecule has 4 aromatic rings. The molecule has 0 atom stereocenters. The molecular weight excluding hydrogens is 368 g/mol. The Balaban J connectivity index is 0.000000171. The molecule has 0 aromatic heterocycles. The summed E-state index contributed by atoms with van der Waals surface area (Å²) in [4.78, 5) is 0. The summed E-state index contributed by atoms with van der Waals surface area (Å²) in [5.74, 6) is 0. The Morgan fingerprint density at radius 3 is 1.17 bits per heavy atom. The minimum Gasteiger partial charge on any atom is -0.399 e. The van der Waals surface area contributed by atoms with Crippen LogP contribution in [0.3, 0.4) is 0 Å². The SMILES string of the molecule is Nc1ccc(Cc2ccc(N)cc2)cc1.Nc1ccc(Cc2ccccc2N)cc1. The van der Waals surface area contributed by atoms with Gasteiger partial charge in [-0.3, -0.25) is 0 Å². The van der Waals surface area contributed by atoms with E-state index in [1.54, 1.807) is 0 Å². The molecule has 0 heterocycles. The number of benzene rings is 4. The average molecular weight is 397 g/mol. The second-order valence-electron chi connectivity index (χ2n) is 7.28. The number of hydrogen-bond donors (Lipinski definition) is 4. The molecule has 0 aliphatic rings. The molecule has 4 rings (SSSR count). The van der Waals surface area contributed by atoms with Gasteiger partial charge in [0, 0.05) is 22.7 Å². The predicted molar refractivity (Wildman–Crippen MR) is 129 cm³/mol. The van der Waals surface area contributed by atoms with Crippen LogP contribution in [0.15, 0.2) is 97.1 Å². The maximum absolute atomic E-state index is 5.87. The van der Waals surface area contributed by atoms with Crippen LogP contribution in [0.2, 0.25) is 0 Å². The van der Waals surface area contributed by atoms with Crippen molar-refractivity contribution in [3.63, 3.8) is 0 Å². The molecule has 0 aliphatic carbocycles. The lowest BCUT2D eigenvalue weighted by molar-refractivity contribution is 1.19. The van der Waals surface area contributed by atoms with Gasteiger partial charge in [0.25, 0.3) is 0 Å². The minimum atomic E-state index is 0.791. The summed E-state index contributed by atoms with van der Waals surface area (Å²) in [6.45, 7) is 0. The van der Waals surface area contributed by atoms with E-state index in [0.717, 1.165) is 41.2 Å². The van der Waals surface area contributed by atoms with Crippen LogP contribution < -0.4 is 22.9 Å². The topological polar surface area (TPSA) is 104 Å². The standard InChI is InChI=1S/2C13H14N2/c14-12-5-1-10(2-6-12)9-11-3-7-13(15)8-4-11;14-12-7-5-10(6-8-12)9-11-3-1-2-4-13(11)15/h2*1-8H,9,14-15H2. The second kappa shape index (κ2) is 10.0. The average Bonchev–Trinajstić information content (AvgIpc) is 2.75. The highest BCUT2D eigenvalue weighted by Crippen LogP contribution is 2.17. The molecule has 30 heavy (non-hydrogen) atoms. The monoisotopic (exact) mass is 396 g/mol. The first-order chi connectivity index (χ1) is 14.5. The van der Waals surface area contributed by atoms with E-state index in [1.807, 2.05) is 97.1 Å². The summed E-state index contributed by atoms with van der Waals surface area (Å²) in [5, 5.41) is 0. The molecular formula is C26H28N4. The van der Waals surface area contributed by atoms with Crippen LogP contribution >= 0.6 is 0 Å². The molecule has 0 radical (unpaired) electrons. The number of rotatable bonds is 4. The van der Waals surface area contributed by atoms with E-state index in [4.69, 9.17) is 22.9 Å². The van der Waals surface area contributed by atoms with Crippen molar-refractivity contribution in [1.82, 2.24) is 0 Å². The normalized spacial score (nSPS) is 10.1. The highest BCUT2D eigenvalue weighted by Gasteiger charge is 1.99. The van der Waals surface area contributed by atoms with Gasteiger partial charge in [-0.25, -0.2) is 0 Å². The molecule has 0 bridgehead atoms. The van der Waals surface area contributed by atoms with Crippen molar-refractivity contribution in [2.45, 2.75) is 12.8 Å². The Labute approximate surface area is 178 Å². The first-order valence-electron chi connectivity index (χ1n) is 9.86. The van der Waals surface area contributed by atoms with Gasteiger partial charge in [-0.15, -0.1) is 0 Å². The van der Waals surface area contributed by atoms with E-state index < -0.39 is 0 Å². The largest absolute Gasteiger partial charge is 0.399 e. The van der Waals surface area contributed by atoms with Crippen LogP contribution in [0.1, 0.15) is 22.3 Å². The molecule has 4 heteroatoms. The van der Waals surface area contributed by atoms with Crippen molar-refractivity contribution in [3.8, 4) is 0 Å². The molecule has 0 spiro atoms. The Kier molecular flexibility index (Phi) is 6.95.